The average Bonchev–Trinajstić information content (AvgIpc) is 3.48. The number of alkyl halides is 4. The maximum atomic E-state index is 12.7. The van der Waals surface area contributed by atoms with E-state index in [0.29, 0.717) is 12.8 Å². The Labute approximate surface area is 184 Å². The number of nitrogens with zero attached hydrogens (tertiary/aromatic N) is 1. The first kappa shape index (κ1) is 20.3. The maximum Gasteiger partial charge on any atom is 0.323 e. The fraction of sp³-hybridized carbons (Fsp3) is 0.381. The number of halogens is 4. The van der Waals surface area contributed by atoms with Crippen LogP contribution >= 0.6 is 46.4 Å². The average molecular weight is 459 g/mol. The fourth-order valence-corrected chi connectivity index (χ4v) is 5.72. The van der Waals surface area contributed by atoms with Crippen molar-refractivity contribution >= 4 is 52.4 Å². The summed E-state index contributed by atoms with van der Waals surface area (Å²) in [4.78, 5) is 14.5. The standard InChI is InChI=1S/C21H19Cl4NO2/c1-28-18(27)17(12-16-13-19(16,22)23)26-20(21(26,24)25,14-8-4-2-5-9-14)15-10-6-3-7-11-15/h2-11,16-17H,12-13H2,1H3. The number of carbonyl (C=O) groups excluding carboxylic acids is 1. The van der Waals surface area contributed by atoms with E-state index in [1.807, 2.05) is 65.6 Å². The highest BCUT2D eigenvalue weighted by Crippen LogP contribution is 2.70. The first-order chi connectivity index (χ1) is 13.3. The molecule has 4 rings (SSSR count). The third kappa shape index (κ3) is 3.03. The summed E-state index contributed by atoms with van der Waals surface area (Å²) in [5, 5.41) is 0. The summed E-state index contributed by atoms with van der Waals surface area (Å²) in [6, 6.07) is 18.7. The largest absolute Gasteiger partial charge is 0.468 e. The van der Waals surface area contributed by atoms with Crippen LogP contribution in [0.2, 0.25) is 0 Å². The number of carbonyl (C=O) groups is 1. The molecule has 1 heterocycles. The van der Waals surface area contributed by atoms with Gasteiger partial charge in [-0.1, -0.05) is 83.9 Å². The number of hydrogen-bond donors (Lipinski definition) is 0. The SMILES string of the molecule is COC(=O)C(CC1CC1(Cl)Cl)N1C(Cl)(Cl)C1(c1ccccc1)c1ccccc1. The third-order valence-electron chi connectivity index (χ3n) is 5.68. The number of hydrogen-bond acceptors (Lipinski definition) is 3. The Morgan fingerprint density at radius 3 is 1.89 bits per heavy atom. The Bertz CT molecular complexity index is 833. The molecule has 1 aliphatic heterocycles. The number of esters is 1. The Balaban J connectivity index is 1.81. The molecule has 28 heavy (non-hydrogen) atoms. The second-order valence-electron chi connectivity index (χ2n) is 7.29. The predicted octanol–water partition coefficient (Wildman–Crippen LogP) is 5.50. The lowest BCUT2D eigenvalue weighted by Crippen LogP contribution is -2.36. The van der Waals surface area contributed by atoms with E-state index in [9.17, 15) is 4.79 Å². The van der Waals surface area contributed by atoms with Crippen molar-refractivity contribution in [1.29, 1.82) is 0 Å². The summed E-state index contributed by atoms with van der Waals surface area (Å²) in [5.74, 6) is -0.427. The first-order valence-electron chi connectivity index (χ1n) is 9.00. The van der Waals surface area contributed by atoms with Gasteiger partial charge in [-0.05, 0) is 29.9 Å². The number of rotatable bonds is 6. The molecule has 0 aromatic heterocycles. The van der Waals surface area contributed by atoms with Gasteiger partial charge in [0.25, 0.3) is 0 Å². The Hall–Kier alpha value is -0.970. The topological polar surface area (TPSA) is 29.3 Å². The molecule has 3 unspecified atom stereocenters. The van der Waals surface area contributed by atoms with E-state index in [2.05, 4.69) is 0 Å². The minimum Gasteiger partial charge on any atom is -0.468 e. The van der Waals surface area contributed by atoms with Crippen LogP contribution < -0.4 is 0 Å². The fourth-order valence-electron chi connectivity index (χ4n) is 4.14. The molecule has 2 aromatic carbocycles. The van der Waals surface area contributed by atoms with Gasteiger partial charge >= 0.3 is 5.97 Å². The van der Waals surface area contributed by atoms with Gasteiger partial charge in [-0.15, -0.1) is 23.2 Å². The Kier molecular flexibility index (Phi) is 5.13. The summed E-state index contributed by atoms with van der Waals surface area (Å²) < 4.78 is 2.94. The minimum atomic E-state index is -1.33. The Morgan fingerprint density at radius 1 is 1.04 bits per heavy atom. The van der Waals surface area contributed by atoms with E-state index < -0.39 is 26.3 Å². The molecule has 0 spiro atoms. The van der Waals surface area contributed by atoms with E-state index in [-0.39, 0.29) is 5.92 Å². The molecule has 2 aliphatic rings. The summed E-state index contributed by atoms with van der Waals surface area (Å²) in [7, 11) is 1.36. The zero-order chi connectivity index (χ0) is 20.2. The molecule has 3 atom stereocenters. The van der Waals surface area contributed by atoms with Crippen molar-refractivity contribution in [2.24, 2.45) is 5.92 Å². The van der Waals surface area contributed by atoms with E-state index >= 15 is 0 Å². The van der Waals surface area contributed by atoms with Crippen LogP contribution in [0.3, 0.4) is 0 Å². The van der Waals surface area contributed by atoms with Crippen molar-refractivity contribution in [2.75, 3.05) is 7.11 Å². The molecule has 7 heteroatoms. The molecular weight excluding hydrogens is 440 g/mol. The molecule has 2 aromatic rings. The van der Waals surface area contributed by atoms with Crippen LogP contribution in [0.1, 0.15) is 24.0 Å². The lowest BCUT2D eigenvalue weighted by Gasteiger charge is -2.23. The van der Waals surface area contributed by atoms with Crippen LogP contribution in [0, 0.1) is 5.92 Å². The van der Waals surface area contributed by atoms with Gasteiger partial charge in [0.05, 0.1) is 7.11 Å². The Morgan fingerprint density at radius 2 is 1.50 bits per heavy atom. The minimum absolute atomic E-state index is 0.0195. The van der Waals surface area contributed by atoms with Crippen LogP contribution in [0.15, 0.2) is 60.7 Å². The zero-order valence-corrected chi connectivity index (χ0v) is 18.1. The molecule has 148 valence electrons. The molecule has 1 saturated heterocycles. The van der Waals surface area contributed by atoms with Gasteiger partial charge in [-0.3, -0.25) is 4.79 Å². The highest BCUT2D eigenvalue weighted by molar-refractivity contribution is 6.52. The van der Waals surface area contributed by atoms with Crippen LogP contribution in [-0.2, 0) is 15.1 Å². The first-order valence-corrected chi connectivity index (χ1v) is 10.5. The van der Waals surface area contributed by atoms with E-state index in [4.69, 9.17) is 51.1 Å². The highest BCUT2D eigenvalue weighted by Gasteiger charge is 2.79. The molecule has 1 aliphatic carbocycles. The zero-order valence-electron chi connectivity index (χ0n) is 15.1. The second kappa shape index (κ2) is 7.07. The van der Waals surface area contributed by atoms with Crippen LogP contribution in [0.4, 0.5) is 0 Å². The quantitative estimate of drug-likeness (QED) is 0.247. The van der Waals surface area contributed by atoms with Crippen LogP contribution in [0.25, 0.3) is 0 Å². The van der Waals surface area contributed by atoms with Gasteiger partial charge < -0.3 is 4.74 Å². The maximum absolute atomic E-state index is 12.7. The molecule has 0 bridgehead atoms. The van der Waals surface area contributed by atoms with E-state index in [1.165, 1.54) is 7.11 Å². The van der Waals surface area contributed by atoms with Crippen molar-refractivity contribution in [3.8, 4) is 0 Å². The van der Waals surface area contributed by atoms with Crippen LogP contribution in [0.5, 0.6) is 0 Å². The van der Waals surface area contributed by atoms with Gasteiger partial charge in [-0.25, -0.2) is 4.90 Å². The summed E-state index contributed by atoms with van der Waals surface area (Å²) in [5.41, 5.74) is 0.922. The normalized spacial score (nSPS) is 26.9. The van der Waals surface area contributed by atoms with Crippen molar-refractivity contribution in [2.45, 2.75) is 33.2 Å². The highest BCUT2D eigenvalue weighted by atomic mass is 35.5. The molecule has 1 saturated carbocycles. The van der Waals surface area contributed by atoms with Crippen molar-refractivity contribution < 1.29 is 9.53 Å². The number of ether oxygens (including phenoxy) is 1. The van der Waals surface area contributed by atoms with Crippen molar-refractivity contribution in [1.82, 2.24) is 4.90 Å². The van der Waals surface area contributed by atoms with Gasteiger partial charge in [-0.2, -0.15) is 0 Å². The number of methoxy groups -OCH3 is 1. The molecule has 0 radical (unpaired) electrons. The van der Waals surface area contributed by atoms with Gasteiger partial charge in [0.15, 0.2) is 4.46 Å². The van der Waals surface area contributed by atoms with E-state index in [1.54, 1.807) is 0 Å². The van der Waals surface area contributed by atoms with Gasteiger partial charge in [0.1, 0.15) is 15.9 Å². The smallest absolute Gasteiger partial charge is 0.323 e. The predicted molar refractivity (Wildman–Crippen MR) is 113 cm³/mol. The summed E-state index contributed by atoms with van der Waals surface area (Å²) >= 11 is 26.2. The molecule has 0 amide bonds. The number of benzene rings is 2. The lowest BCUT2D eigenvalue weighted by atomic mass is 9.90. The monoisotopic (exact) mass is 457 g/mol. The third-order valence-corrected chi connectivity index (χ3v) is 7.52. The van der Waals surface area contributed by atoms with Gasteiger partial charge in [0, 0.05) is 0 Å². The second-order valence-corrected chi connectivity index (χ2v) is 10.1. The molecule has 3 nitrogen and oxygen atoms in total. The lowest BCUT2D eigenvalue weighted by molar-refractivity contribution is -0.145. The molecule has 0 N–H and O–H groups in total. The summed E-state index contributed by atoms with van der Waals surface area (Å²) in [6.07, 6.45) is 1.04. The van der Waals surface area contributed by atoms with Crippen molar-refractivity contribution in [3.63, 3.8) is 0 Å². The van der Waals surface area contributed by atoms with E-state index in [0.717, 1.165) is 11.1 Å². The van der Waals surface area contributed by atoms with Crippen molar-refractivity contribution in [3.05, 3.63) is 71.8 Å². The summed E-state index contributed by atoms with van der Waals surface area (Å²) in [6.45, 7) is 0. The molecular formula is C21H19Cl4NO2. The molecule has 2 fully saturated rings. The van der Waals surface area contributed by atoms with Crippen LogP contribution in [-0.4, -0.2) is 32.8 Å². The van der Waals surface area contributed by atoms with Gasteiger partial charge in [0.2, 0.25) is 0 Å².